The van der Waals surface area contributed by atoms with Crippen molar-refractivity contribution in [3.05, 3.63) is 15.9 Å². The number of aromatic nitrogens is 2. The van der Waals surface area contributed by atoms with Crippen molar-refractivity contribution < 1.29 is 9.59 Å². The zero-order valence-electron chi connectivity index (χ0n) is 12.7. The highest BCUT2D eigenvalue weighted by atomic mass is 79.9. The van der Waals surface area contributed by atoms with Crippen molar-refractivity contribution in [3.8, 4) is 0 Å². The second kappa shape index (κ2) is 6.60. The fourth-order valence-electron chi connectivity index (χ4n) is 2.52. The second-order valence-corrected chi connectivity index (χ2v) is 6.02. The van der Waals surface area contributed by atoms with E-state index >= 15 is 0 Å². The molecule has 1 aromatic heterocycles. The number of aryl methyl sites for hydroxylation is 2. The first-order valence-electron chi connectivity index (χ1n) is 7.25. The van der Waals surface area contributed by atoms with Crippen LogP contribution < -0.4 is 0 Å². The van der Waals surface area contributed by atoms with Crippen molar-refractivity contribution in [3.63, 3.8) is 0 Å². The second-order valence-electron chi connectivity index (χ2n) is 5.23. The van der Waals surface area contributed by atoms with Gasteiger partial charge < -0.3 is 9.80 Å². The number of amides is 2. The Labute approximate surface area is 133 Å². The Morgan fingerprint density at radius 3 is 2.38 bits per heavy atom. The fraction of sp³-hybridized carbons (Fsp3) is 0.643. The number of rotatable bonds is 5. The number of halogens is 1. The standard InChI is InChI=1S/C14H21BrN4O2/c1-4-6-17-8-13(21)18(9-12(17)20)7-11-14(15)10(3)16-19(11)5-2/h4-9H2,1-3H3. The summed E-state index contributed by atoms with van der Waals surface area (Å²) in [5.74, 6) is 0.0170. The molecule has 0 radical (unpaired) electrons. The summed E-state index contributed by atoms with van der Waals surface area (Å²) in [6, 6.07) is 0. The number of carbonyl (C=O) groups excluding carboxylic acids is 2. The third-order valence-electron chi connectivity index (χ3n) is 3.64. The van der Waals surface area contributed by atoms with Crippen molar-refractivity contribution in [1.29, 1.82) is 0 Å². The summed E-state index contributed by atoms with van der Waals surface area (Å²) >= 11 is 3.52. The number of hydrogen-bond donors (Lipinski definition) is 0. The molecule has 0 aromatic carbocycles. The molecule has 0 bridgehead atoms. The van der Waals surface area contributed by atoms with E-state index in [4.69, 9.17) is 0 Å². The van der Waals surface area contributed by atoms with Gasteiger partial charge in [-0.1, -0.05) is 6.92 Å². The predicted molar refractivity (Wildman–Crippen MR) is 82.6 cm³/mol. The predicted octanol–water partition coefficient (Wildman–Crippen LogP) is 1.55. The number of hydrogen-bond acceptors (Lipinski definition) is 3. The first-order chi connectivity index (χ1) is 9.97. The molecule has 0 spiro atoms. The molecule has 116 valence electrons. The first-order valence-corrected chi connectivity index (χ1v) is 8.04. The molecule has 0 N–H and O–H groups in total. The van der Waals surface area contributed by atoms with Crippen LogP contribution >= 0.6 is 15.9 Å². The van der Waals surface area contributed by atoms with E-state index in [1.807, 2.05) is 25.5 Å². The Morgan fingerprint density at radius 1 is 1.14 bits per heavy atom. The molecule has 1 aromatic rings. The third kappa shape index (κ3) is 3.28. The van der Waals surface area contributed by atoms with Gasteiger partial charge >= 0.3 is 0 Å². The van der Waals surface area contributed by atoms with E-state index in [0.717, 1.165) is 28.8 Å². The Kier molecular flexibility index (Phi) is 5.03. The molecule has 1 fully saturated rings. The molecule has 2 heterocycles. The molecule has 1 saturated heterocycles. The molecular weight excluding hydrogens is 336 g/mol. The average molecular weight is 357 g/mol. The highest BCUT2D eigenvalue weighted by molar-refractivity contribution is 9.10. The Bertz CT molecular complexity index is 555. The Balaban J connectivity index is 2.14. The molecule has 2 amide bonds. The van der Waals surface area contributed by atoms with Crippen LogP contribution in [-0.4, -0.2) is 51.0 Å². The fourth-order valence-corrected chi connectivity index (χ4v) is 2.93. The highest BCUT2D eigenvalue weighted by Gasteiger charge is 2.30. The molecule has 0 aliphatic carbocycles. The van der Waals surface area contributed by atoms with Gasteiger partial charge in [-0.3, -0.25) is 14.3 Å². The average Bonchev–Trinajstić information content (AvgIpc) is 2.72. The lowest BCUT2D eigenvalue weighted by Gasteiger charge is -2.33. The van der Waals surface area contributed by atoms with Crippen LogP contribution in [0.5, 0.6) is 0 Å². The molecular formula is C14H21BrN4O2. The lowest BCUT2D eigenvalue weighted by atomic mass is 10.2. The van der Waals surface area contributed by atoms with Crippen LogP contribution in [-0.2, 0) is 22.7 Å². The van der Waals surface area contributed by atoms with Gasteiger partial charge in [0.1, 0.15) is 6.54 Å². The number of carbonyl (C=O) groups is 2. The van der Waals surface area contributed by atoms with Gasteiger partial charge in [0.2, 0.25) is 11.8 Å². The Hall–Kier alpha value is -1.37. The maximum Gasteiger partial charge on any atom is 0.243 e. The summed E-state index contributed by atoms with van der Waals surface area (Å²) in [5.41, 5.74) is 1.84. The topological polar surface area (TPSA) is 58.4 Å². The van der Waals surface area contributed by atoms with Gasteiger partial charge in [-0.2, -0.15) is 5.10 Å². The molecule has 0 atom stereocenters. The van der Waals surface area contributed by atoms with Gasteiger partial charge in [0.05, 0.1) is 29.0 Å². The maximum absolute atomic E-state index is 12.2. The minimum Gasteiger partial charge on any atom is -0.332 e. The smallest absolute Gasteiger partial charge is 0.243 e. The van der Waals surface area contributed by atoms with Crippen LogP contribution in [0, 0.1) is 6.92 Å². The summed E-state index contributed by atoms with van der Waals surface area (Å²) in [4.78, 5) is 27.6. The van der Waals surface area contributed by atoms with E-state index in [1.165, 1.54) is 0 Å². The van der Waals surface area contributed by atoms with E-state index in [2.05, 4.69) is 21.0 Å². The zero-order chi connectivity index (χ0) is 15.6. The molecule has 21 heavy (non-hydrogen) atoms. The minimum atomic E-state index is -0.00328. The largest absolute Gasteiger partial charge is 0.332 e. The van der Waals surface area contributed by atoms with E-state index in [-0.39, 0.29) is 24.9 Å². The Morgan fingerprint density at radius 2 is 1.76 bits per heavy atom. The zero-order valence-corrected chi connectivity index (χ0v) is 14.3. The number of piperazine rings is 1. The normalized spacial score (nSPS) is 16.0. The van der Waals surface area contributed by atoms with Crippen LogP contribution in [0.4, 0.5) is 0 Å². The molecule has 0 saturated carbocycles. The van der Waals surface area contributed by atoms with Crippen LogP contribution in [0.15, 0.2) is 4.47 Å². The highest BCUT2D eigenvalue weighted by Crippen LogP contribution is 2.23. The number of nitrogens with zero attached hydrogens (tertiary/aromatic N) is 4. The molecule has 0 unspecified atom stereocenters. The summed E-state index contributed by atoms with van der Waals surface area (Å²) in [6.45, 7) is 8.07. The van der Waals surface area contributed by atoms with Crippen molar-refractivity contribution in [2.75, 3.05) is 19.6 Å². The van der Waals surface area contributed by atoms with Crippen molar-refractivity contribution in [1.82, 2.24) is 19.6 Å². The first kappa shape index (κ1) is 16.0. The van der Waals surface area contributed by atoms with E-state index in [0.29, 0.717) is 13.1 Å². The SMILES string of the molecule is CCCN1CC(=O)N(Cc2c(Br)c(C)nn2CC)CC1=O. The maximum atomic E-state index is 12.2. The van der Waals surface area contributed by atoms with Gasteiger partial charge in [-0.15, -0.1) is 0 Å². The molecule has 2 rings (SSSR count). The summed E-state index contributed by atoms with van der Waals surface area (Å²) in [6.07, 6.45) is 0.867. The van der Waals surface area contributed by atoms with Crippen molar-refractivity contribution >= 4 is 27.7 Å². The van der Waals surface area contributed by atoms with Crippen molar-refractivity contribution in [2.45, 2.75) is 40.3 Å². The summed E-state index contributed by atoms with van der Waals surface area (Å²) in [7, 11) is 0. The lowest BCUT2D eigenvalue weighted by molar-refractivity contribution is -0.150. The van der Waals surface area contributed by atoms with E-state index < -0.39 is 0 Å². The van der Waals surface area contributed by atoms with Gasteiger partial charge in [-0.05, 0) is 36.2 Å². The van der Waals surface area contributed by atoms with Crippen LogP contribution in [0.1, 0.15) is 31.7 Å². The van der Waals surface area contributed by atoms with E-state index in [9.17, 15) is 9.59 Å². The molecule has 1 aliphatic rings. The van der Waals surface area contributed by atoms with Crippen LogP contribution in [0.25, 0.3) is 0 Å². The van der Waals surface area contributed by atoms with Gasteiger partial charge in [0, 0.05) is 13.1 Å². The molecule has 7 heteroatoms. The van der Waals surface area contributed by atoms with Crippen LogP contribution in [0.2, 0.25) is 0 Å². The monoisotopic (exact) mass is 356 g/mol. The molecule has 6 nitrogen and oxygen atoms in total. The minimum absolute atomic E-state index is 0.00328. The van der Waals surface area contributed by atoms with Crippen LogP contribution in [0.3, 0.4) is 0 Å². The van der Waals surface area contributed by atoms with Gasteiger partial charge in [0.15, 0.2) is 0 Å². The molecule has 1 aliphatic heterocycles. The summed E-state index contributed by atoms with van der Waals surface area (Å²) < 4.78 is 2.79. The quantitative estimate of drug-likeness (QED) is 0.804. The third-order valence-corrected chi connectivity index (χ3v) is 4.68. The van der Waals surface area contributed by atoms with Gasteiger partial charge in [0.25, 0.3) is 0 Å². The summed E-state index contributed by atoms with van der Waals surface area (Å²) in [5, 5.41) is 4.42. The van der Waals surface area contributed by atoms with E-state index in [1.54, 1.807) is 9.80 Å². The van der Waals surface area contributed by atoms with Crippen molar-refractivity contribution in [2.24, 2.45) is 0 Å². The lowest BCUT2D eigenvalue weighted by Crippen LogP contribution is -2.53. The van der Waals surface area contributed by atoms with Gasteiger partial charge in [-0.25, -0.2) is 0 Å².